The van der Waals surface area contributed by atoms with Gasteiger partial charge in [-0.2, -0.15) is 0 Å². The second-order valence-corrected chi connectivity index (χ2v) is 3.13. The summed E-state index contributed by atoms with van der Waals surface area (Å²) in [4.78, 5) is 0. The summed E-state index contributed by atoms with van der Waals surface area (Å²) in [6.45, 7) is 0.597. The average Bonchev–Trinajstić information content (AvgIpc) is 2.53. The first-order valence-electron chi connectivity index (χ1n) is 4.32. The Kier molecular flexibility index (Phi) is 3.95. The van der Waals surface area contributed by atoms with Crippen molar-refractivity contribution < 1.29 is 10.2 Å². The van der Waals surface area contributed by atoms with Gasteiger partial charge in [0.25, 0.3) is 0 Å². The summed E-state index contributed by atoms with van der Waals surface area (Å²) in [5, 5.41) is 20.6. The van der Waals surface area contributed by atoms with Gasteiger partial charge in [0.2, 0.25) is 0 Å². The highest BCUT2D eigenvalue weighted by Gasteiger charge is 2.04. The quantitative estimate of drug-likeness (QED) is 0.576. The Morgan fingerprint density at radius 1 is 1.46 bits per heavy atom. The summed E-state index contributed by atoms with van der Waals surface area (Å²) in [6, 6.07) is 1.78. The zero-order valence-electron chi connectivity index (χ0n) is 7.77. The Hall–Kier alpha value is -0.840. The van der Waals surface area contributed by atoms with Crippen LogP contribution in [0.15, 0.2) is 18.5 Å². The molecule has 0 saturated carbocycles. The maximum Gasteiger partial charge on any atom is 0.0607 e. The molecule has 4 heteroatoms. The molecule has 1 rings (SSSR count). The van der Waals surface area contributed by atoms with Crippen LogP contribution in [-0.4, -0.2) is 34.0 Å². The predicted octanol–water partition coefficient (Wildman–Crippen LogP) is -0.532. The SMILES string of the molecule is Cn1ccc(CNC(CO)CO)c1. The van der Waals surface area contributed by atoms with Crippen molar-refractivity contribution >= 4 is 0 Å². The molecule has 0 amide bonds. The van der Waals surface area contributed by atoms with Gasteiger partial charge in [0.05, 0.1) is 19.3 Å². The Bertz CT molecular complexity index is 244. The van der Waals surface area contributed by atoms with Crippen LogP contribution < -0.4 is 5.32 Å². The summed E-state index contributed by atoms with van der Waals surface area (Å²) in [6.07, 6.45) is 3.96. The van der Waals surface area contributed by atoms with Crippen LogP contribution >= 0.6 is 0 Å². The van der Waals surface area contributed by atoms with Gasteiger partial charge in [-0.15, -0.1) is 0 Å². The molecule has 74 valence electrons. The molecule has 0 aromatic carbocycles. The molecule has 0 saturated heterocycles. The van der Waals surface area contributed by atoms with Crippen molar-refractivity contribution in [3.05, 3.63) is 24.0 Å². The van der Waals surface area contributed by atoms with E-state index < -0.39 is 0 Å². The van der Waals surface area contributed by atoms with Crippen LogP contribution in [0.2, 0.25) is 0 Å². The Labute approximate surface area is 77.8 Å². The minimum Gasteiger partial charge on any atom is -0.395 e. The van der Waals surface area contributed by atoms with E-state index in [-0.39, 0.29) is 19.3 Å². The number of nitrogens with zero attached hydrogens (tertiary/aromatic N) is 1. The maximum atomic E-state index is 8.78. The third kappa shape index (κ3) is 3.18. The molecule has 0 radical (unpaired) electrons. The first-order valence-corrected chi connectivity index (χ1v) is 4.32. The van der Waals surface area contributed by atoms with Gasteiger partial charge in [0.1, 0.15) is 0 Å². The summed E-state index contributed by atoms with van der Waals surface area (Å²) in [5.41, 5.74) is 1.15. The molecule has 3 N–H and O–H groups in total. The average molecular weight is 184 g/mol. The standard InChI is InChI=1S/C9H16N2O2/c1-11-3-2-8(5-11)4-10-9(6-12)7-13/h2-3,5,9-10,12-13H,4,6-7H2,1H3. The highest BCUT2D eigenvalue weighted by molar-refractivity contribution is 5.09. The van der Waals surface area contributed by atoms with Crippen molar-refractivity contribution in [2.24, 2.45) is 7.05 Å². The molecular weight excluding hydrogens is 168 g/mol. The molecular formula is C9H16N2O2. The van der Waals surface area contributed by atoms with Gasteiger partial charge in [-0.3, -0.25) is 0 Å². The van der Waals surface area contributed by atoms with Crippen LogP contribution in [0.25, 0.3) is 0 Å². The molecule has 0 spiro atoms. The van der Waals surface area contributed by atoms with Crippen molar-refractivity contribution in [2.75, 3.05) is 13.2 Å². The number of aromatic nitrogens is 1. The molecule has 0 bridgehead atoms. The van der Waals surface area contributed by atoms with E-state index in [9.17, 15) is 0 Å². The third-order valence-corrected chi connectivity index (χ3v) is 1.93. The van der Waals surface area contributed by atoms with E-state index in [4.69, 9.17) is 10.2 Å². The van der Waals surface area contributed by atoms with Crippen LogP contribution in [0.3, 0.4) is 0 Å². The van der Waals surface area contributed by atoms with Gasteiger partial charge in [0.15, 0.2) is 0 Å². The zero-order chi connectivity index (χ0) is 9.68. The summed E-state index contributed by atoms with van der Waals surface area (Å²) >= 11 is 0. The lowest BCUT2D eigenvalue weighted by atomic mass is 10.3. The second-order valence-electron chi connectivity index (χ2n) is 3.13. The molecule has 1 heterocycles. The number of hydrogen-bond acceptors (Lipinski definition) is 3. The van der Waals surface area contributed by atoms with E-state index in [0.717, 1.165) is 5.56 Å². The zero-order valence-corrected chi connectivity index (χ0v) is 7.77. The lowest BCUT2D eigenvalue weighted by molar-refractivity contribution is 0.170. The fraction of sp³-hybridized carbons (Fsp3) is 0.556. The van der Waals surface area contributed by atoms with Gasteiger partial charge in [-0.1, -0.05) is 0 Å². The molecule has 0 atom stereocenters. The molecule has 13 heavy (non-hydrogen) atoms. The topological polar surface area (TPSA) is 57.4 Å². The minimum atomic E-state index is -0.222. The number of nitrogens with one attached hydrogen (secondary N) is 1. The molecule has 1 aromatic rings. The maximum absolute atomic E-state index is 8.78. The van der Waals surface area contributed by atoms with Crippen LogP contribution in [0.1, 0.15) is 5.56 Å². The van der Waals surface area contributed by atoms with Crippen LogP contribution in [-0.2, 0) is 13.6 Å². The van der Waals surface area contributed by atoms with Crippen LogP contribution in [0.4, 0.5) is 0 Å². The highest BCUT2D eigenvalue weighted by Crippen LogP contribution is 1.98. The molecule has 4 nitrogen and oxygen atoms in total. The van der Waals surface area contributed by atoms with Gasteiger partial charge in [0, 0.05) is 26.0 Å². The van der Waals surface area contributed by atoms with E-state index in [1.807, 2.05) is 30.1 Å². The molecule has 0 aliphatic carbocycles. The van der Waals surface area contributed by atoms with Crippen molar-refractivity contribution in [2.45, 2.75) is 12.6 Å². The van der Waals surface area contributed by atoms with Gasteiger partial charge < -0.3 is 20.1 Å². The Morgan fingerprint density at radius 3 is 2.62 bits per heavy atom. The summed E-state index contributed by atoms with van der Waals surface area (Å²) in [5.74, 6) is 0. The van der Waals surface area contributed by atoms with Gasteiger partial charge >= 0.3 is 0 Å². The van der Waals surface area contributed by atoms with Crippen LogP contribution in [0.5, 0.6) is 0 Å². The van der Waals surface area contributed by atoms with E-state index in [1.165, 1.54) is 0 Å². The number of hydrogen-bond donors (Lipinski definition) is 3. The van der Waals surface area contributed by atoms with Gasteiger partial charge in [-0.25, -0.2) is 0 Å². The first kappa shape index (κ1) is 10.2. The second kappa shape index (κ2) is 5.01. The summed E-state index contributed by atoms with van der Waals surface area (Å²) in [7, 11) is 1.96. The molecule has 0 aliphatic heterocycles. The third-order valence-electron chi connectivity index (χ3n) is 1.93. The minimum absolute atomic E-state index is 0.0384. The lowest BCUT2D eigenvalue weighted by Gasteiger charge is -2.11. The molecule has 0 unspecified atom stereocenters. The monoisotopic (exact) mass is 184 g/mol. The number of aryl methyl sites for hydroxylation is 1. The van der Waals surface area contributed by atoms with Crippen molar-refractivity contribution in [3.8, 4) is 0 Å². The largest absolute Gasteiger partial charge is 0.395 e. The normalized spacial score (nSPS) is 11.1. The number of aliphatic hydroxyl groups excluding tert-OH is 2. The predicted molar refractivity (Wildman–Crippen MR) is 50.2 cm³/mol. The van der Waals surface area contributed by atoms with E-state index >= 15 is 0 Å². The van der Waals surface area contributed by atoms with E-state index in [2.05, 4.69) is 5.32 Å². The van der Waals surface area contributed by atoms with E-state index in [1.54, 1.807) is 0 Å². The molecule has 0 fully saturated rings. The number of aliphatic hydroxyl groups is 2. The molecule has 0 aliphatic rings. The highest BCUT2D eigenvalue weighted by atomic mass is 16.3. The van der Waals surface area contributed by atoms with Crippen molar-refractivity contribution in [3.63, 3.8) is 0 Å². The van der Waals surface area contributed by atoms with Gasteiger partial charge in [-0.05, 0) is 11.6 Å². The first-order chi connectivity index (χ1) is 6.26. The van der Waals surface area contributed by atoms with Crippen molar-refractivity contribution in [1.29, 1.82) is 0 Å². The Balaban J connectivity index is 2.33. The van der Waals surface area contributed by atoms with Crippen molar-refractivity contribution in [1.82, 2.24) is 9.88 Å². The van der Waals surface area contributed by atoms with E-state index in [0.29, 0.717) is 6.54 Å². The smallest absolute Gasteiger partial charge is 0.0607 e. The fourth-order valence-corrected chi connectivity index (χ4v) is 1.11. The summed E-state index contributed by atoms with van der Waals surface area (Å²) < 4.78 is 1.96. The fourth-order valence-electron chi connectivity index (χ4n) is 1.11. The van der Waals surface area contributed by atoms with Crippen LogP contribution in [0, 0.1) is 0 Å². The number of rotatable bonds is 5. The Morgan fingerprint density at radius 2 is 2.15 bits per heavy atom. The lowest BCUT2D eigenvalue weighted by Crippen LogP contribution is -2.35. The molecule has 1 aromatic heterocycles.